The predicted octanol–water partition coefficient (Wildman–Crippen LogP) is 2.82. The topological polar surface area (TPSA) is 63.4 Å². The number of nitrogens with two attached hydrogens (primary N) is 1. The lowest BCUT2D eigenvalue weighted by Crippen LogP contribution is -2.33. The molecule has 3 rings (SSSR count). The van der Waals surface area contributed by atoms with Gasteiger partial charge in [0.2, 0.25) is 10.0 Å². The molecule has 0 aromatic heterocycles. The van der Waals surface area contributed by atoms with Gasteiger partial charge in [-0.15, -0.1) is 0 Å². The molecule has 6 heteroatoms. The Morgan fingerprint density at radius 2 is 2.00 bits per heavy atom. The van der Waals surface area contributed by atoms with Crippen molar-refractivity contribution >= 4 is 21.6 Å². The van der Waals surface area contributed by atoms with Crippen molar-refractivity contribution in [1.82, 2.24) is 4.31 Å². The van der Waals surface area contributed by atoms with Gasteiger partial charge < -0.3 is 5.73 Å². The molecular formula is C16H23ClN2O2S. The smallest absolute Gasteiger partial charge is 0.244 e. The zero-order chi connectivity index (χ0) is 16.1. The Bertz CT molecular complexity index is 675. The third-order valence-corrected chi connectivity index (χ3v) is 7.43. The van der Waals surface area contributed by atoms with Crippen LogP contribution in [0.4, 0.5) is 0 Å². The third kappa shape index (κ3) is 2.68. The monoisotopic (exact) mass is 342 g/mol. The number of halogens is 1. The first-order valence-corrected chi connectivity index (χ1v) is 9.67. The fraction of sp³-hybridized carbons (Fsp3) is 0.625. The van der Waals surface area contributed by atoms with Crippen LogP contribution in [0.3, 0.4) is 0 Å². The van der Waals surface area contributed by atoms with Crippen molar-refractivity contribution in [2.24, 2.45) is 17.6 Å². The van der Waals surface area contributed by atoms with Crippen LogP contribution in [0.2, 0.25) is 5.02 Å². The average Bonchev–Trinajstić information content (AvgIpc) is 3.02. The average molecular weight is 343 g/mol. The van der Waals surface area contributed by atoms with E-state index in [0.717, 1.165) is 18.4 Å². The van der Waals surface area contributed by atoms with Crippen LogP contribution in [-0.4, -0.2) is 31.9 Å². The number of hydrogen-bond donors (Lipinski definition) is 1. The maximum absolute atomic E-state index is 13.0. The van der Waals surface area contributed by atoms with Crippen molar-refractivity contribution < 1.29 is 8.42 Å². The first kappa shape index (κ1) is 16.2. The minimum Gasteiger partial charge on any atom is -0.327 e. The Morgan fingerprint density at radius 1 is 1.27 bits per heavy atom. The van der Waals surface area contributed by atoms with Crippen LogP contribution >= 0.6 is 11.6 Å². The van der Waals surface area contributed by atoms with Crippen molar-refractivity contribution in [3.05, 3.63) is 28.8 Å². The van der Waals surface area contributed by atoms with Gasteiger partial charge in [-0.25, -0.2) is 8.42 Å². The number of rotatable bonds is 3. The Balaban J connectivity index is 1.92. The normalized spacial score (nSPS) is 29.2. The van der Waals surface area contributed by atoms with Gasteiger partial charge in [0.25, 0.3) is 0 Å². The quantitative estimate of drug-likeness (QED) is 0.918. The molecule has 3 unspecified atom stereocenters. The van der Waals surface area contributed by atoms with E-state index < -0.39 is 10.0 Å². The van der Waals surface area contributed by atoms with Crippen LogP contribution in [0.5, 0.6) is 0 Å². The fourth-order valence-electron chi connectivity index (χ4n) is 3.68. The standard InChI is InChI=1S/C16H23ClN2O2S/c1-10(2)11-3-5-14(17)16(7-11)22(20,21)19-8-12-4-6-15(18)13(12)9-19/h3,5,7,10,12-13,15H,4,6,8-9,18H2,1-2H3. The van der Waals surface area contributed by atoms with Crippen LogP contribution in [0, 0.1) is 11.8 Å². The van der Waals surface area contributed by atoms with Crippen LogP contribution < -0.4 is 5.73 Å². The van der Waals surface area contributed by atoms with Gasteiger partial charge in [-0.05, 0) is 48.3 Å². The summed E-state index contributed by atoms with van der Waals surface area (Å²) in [7, 11) is -3.55. The van der Waals surface area contributed by atoms with Crippen molar-refractivity contribution in [2.75, 3.05) is 13.1 Å². The molecule has 1 aromatic carbocycles. The Labute approximate surface area is 137 Å². The van der Waals surface area contributed by atoms with E-state index in [0.29, 0.717) is 29.9 Å². The van der Waals surface area contributed by atoms with Gasteiger partial charge in [-0.3, -0.25) is 0 Å². The lowest BCUT2D eigenvalue weighted by molar-refractivity contribution is 0.427. The summed E-state index contributed by atoms with van der Waals surface area (Å²) in [5.41, 5.74) is 7.10. The molecule has 0 radical (unpaired) electrons. The molecule has 4 nitrogen and oxygen atoms in total. The van der Waals surface area contributed by atoms with Gasteiger partial charge in [0.05, 0.1) is 5.02 Å². The molecule has 2 aliphatic rings. The molecule has 22 heavy (non-hydrogen) atoms. The summed E-state index contributed by atoms with van der Waals surface area (Å²) in [5.74, 6) is 0.955. The summed E-state index contributed by atoms with van der Waals surface area (Å²) < 4.78 is 27.5. The first-order valence-electron chi connectivity index (χ1n) is 7.86. The maximum Gasteiger partial charge on any atom is 0.244 e. The summed E-state index contributed by atoms with van der Waals surface area (Å²) >= 11 is 6.18. The number of benzene rings is 1. The summed E-state index contributed by atoms with van der Waals surface area (Å²) in [5, 5.41) is 0.297. The molecule has 2 N–H and O–H groups in total. The Morgan fingerprint density at radius 3 is 2.64 bits per heavy atom. The van der Waals surface area contributed by atoms with E-state index in [1.165, 1.54) is 0 Å². The summed E-state index contributed by atoms with van der Waals surface area (Å²) in [4.78, 5) is 0.230. The second kappa shape index (κ2) is 5.78. The van der Waals surface area contributed by atoms with Gasteiger partial charge in [0.15, 0.2) is 0 Å². The zero-order valence-corrected chi connectivity index (χ0v) is 14.6. The number of sulfonamides is 1. The predicted molar refractivity (Wildman–Crippen MR) is 88.5 cm³/mol. The van der Waals surface area contributed by atoms with E-state index in [4.69, 9.17) is 17.3 Å². The largest absolute Gasteiger partial charge is 0.327 e. The van der Waals surface area contributed by atoms with E-state index in [2.05, 4.69) is 0 Å². The highest BCUT2D eigenvalue weighted by Crippen LogP contribution is 2.40. The van der Waals surface area contributed by atoms with Crippen molar-refractivity contribution in [3.63, 3.8) is 0 Å². The van der Waals surface area contributed by atoms with Crippen molar-refractivity contribution in [2.45, 2.75) is 43.5 Å². The van der Waals surface area contributed by atoms with Crippen LogP contribution in [0.1, 0.15) is 38.2 Å². The van der Waals surface area contributed by atoms with E-state index in [1.807, 2.05) is 19.9 Å². The van der Waals surface area contributed by atoms with Crippen molar-refractivity contribution in [3.8, 4) is 0 Å². The summed E-state index contributed by atoms with van der Waals surface area (Å²) in [6.07, 6.45) is 2.03. The summed E-state index contributed by atoms with van der Waals surface area (Å²) in [6.45, 7) is 5.18. The Kier molecular flexibility index (Phi) is 4.27. The highest BCUT2D eigenvalue weighted by molar-refractivity contribution is 7.89. The van der Waals surface area contributed by atoms with Crippen LogP contribution in [-0.2, 0) is 10.0 Å². The molecule has 2 fully saturated rings. The molecule has 0 amide bonds. The maximum atomic E-state index is 13.0. The summed E-state index contributed by atoms with van der Waals surface area (Å²) in [6, 6.07) is 5.42. The van der Waals surface area contributed by atoms with Gasteiger partial charge >= 0.3 is 0 Å². The van der Waals surface area contributed by atoms with E-state index in [-0.39, 0.29) is 16.9 Å². The Hall–Kier alpha value is -0.620. The minimum atomic E-state index is -3.55. The molecule has 1 heterocycles. The van der Waals surface area contributed by atoms with Crippen LogP contribution in [0.15, 0.2) is 23.1 Å². The highest BCUT2D eigenvalue weighted by Gasteiger charge is 2.45. The van der Waals surface area contributed by atoms with Gasteiger partial charge in [0, 0.05) is 19.1 Å². The molecule has 1 saturated heterocycles. The van der Waals surface area contributed by atoms with Crippen molar-refractivity contribution in [1.29, 1.82) is 0 Å². The highest BCUT2D eigenvalue weighted by atomic mass is 35.5. The van der Waals surface area contributed by atoms with E-state index in [1.54, 1.807) is 16.4 Å². The molecule has 1 aliphatic carbocycles. The molecule has 3 atom stereocenters. The van der Waals surface area contributed by atoms with E-state index in [9.17, 15) is 8.42 Å². The molecule has 1 aliphatic heterocycles. The van der Waals surface area contributed by atoms with Crippen LogP contribution in [0.25, 0.3) is 0 Å². The number of nitrogens with zero attached hydrogens (tertiary/aromatic N) is 1. The molecule has 122 valence electrons. The lowest BCUT2D eigenvalue weighted by Gasteiger charge is -2.20. The third-order valence-electron chi connectivity index (χ3n) is 5.12. The molecule has 1 saturated carbocycles. The lowest BCUT2D eigenvalue weighted by atomic mass is 9.98. The second-order valence-electron chi connectivity index (χ2n) is 6.83. The second-order valence-corrected chi connectivity index (χ2v) is 9.15. The number of hydrogen-bond acceptors (Lipinski definition) is 3. The number of fused-ring (bicyclic) bond motifs is 1. The minimum absolute atomic E-state index is 0.127. The molecule has 1 aromatic rings. The fourth-order valence-corrected chi connectivity index (χ4v) is 5.72. The molecule has 0 bridgehead atoms. The zero-order valence-electron chi connectivity index (χ0n) is 13.0. The SMILES string of the molecule is CC(C)c1ccc(Cl)c(S(=O)(=O)N2CC3CCC(N)C3C2)c1. The van der Waals surface area contributed by atoms with Gasteiger partial charge in [-0.1, -0.05) is 31.5 Å². The van der Waals surface area contributed by atoms with E-state index >= 15 is 0 Å². The molecule has 0 spiro atoms. The van der Waals surface area contributed by atoms with Gasteiger partial charge in [-0.2, -0.15) is 4.31 Å². The van der Waals surface area contributed by atoms with Gasteiger partial charge in [0.1, 0.15) is 4.90 Å². The molecular weight excluding hydrogens is 320 g/mol. The first-order chi connectivity index (χ1) is 10.3.